The van der Waals surface area contributed by atoms with Crippen molar-refractivity contribution in [2.75, 3.05) is 18.0 Å². The predicted molar refractivity (Wildman–Crippen MR) is 147 cm³/mol. The highest BCUT2D eigenvalue weighted by Crippen LogP contribution is 2.38. The van der Waals surface area contributed by atoms with Crippen molar-refractivity contribution in [1.82, 2.24) is 10.3 Å². The number of urea groups is 1. The topological polar surface area (TPSA) is 73.4 Å². The summed E-state index contributed by atoms with van der Waals surface area (Å²) in [5.41, 5.74) is 6.05. The number of hydrazone groups is 1. The first-order valence-corrected chi connectivity index (χ1v) is 13.4. The van der Waals surface area contributed by atoms with Gasteiger partial charge in [-0.3, -0.25) is 9.89 Å². The number of nitrogens with one attached hydrogen (secondary N) is 1. The fraction of sp³-hybridized carbons (Fsp3) is 0.367. The maximum atomic E-state index is 14.2. The first-order valence-electron chi connectivity index (χ1n) is 13.4. The highest BCUT2D eigenvalue weighted by molar-refractivity contribution is 6.14. The van der Waals surface area contributed by atoms with E-state index in [4.69, 9.17) is 9.52 Å². The molecule has 3 heterocycles. The molecule has 0 saturated heterocycles. The fourth-order valence-electron chi connectivity index (χ4n) is 5.59. The van der Waals surface area contributed by atoms with Crippen molar-refractivity contribution in [3.05, 3.63) is 83.3 Å². The third kappa shape index (κ3) is 4.90. The number of aliphatic imine (C=N–C) groups is 1. The van der Waals surface area contributed by atoms with Crippen LogP contribution in [0, 0.1) is 12.8 Å². The Morgan fingerprint density at radius 1 is 1.05 bits per heavy atom. The van der Waals surface area contributed by atoms with E-state index in [1.54, 1.807) is 11.3 Å². The molecule has 1 fully saturated rings. The summed E-state index contributed by atoms with van der Waals surface area (Å²) in [6.07, 6.45) is 8.26. The molecule has 0 atom stereocenters. The summed E-state index contributed by atoms with van der Waals surface area (Å²) in [4.78, 5) is 20.5. The van der Waals surface area contributed by atoms with E-state index in [0.717, 1.165) is 72.0 Å². The zero-order chi connectivity index (χ0) is 25.2. The predicted octanol–water partition coefficient (Wildman–Crippen LogP) is 6.19. The van der Waals surface area contributed by atoms with E-state index < -0.39 is 0 Å². The van der Waals surface area contributed by atoms with Crippen LogP contribution in [-0.4, -0.2) is 35.7 Å². The molecule has 7 heteroatoms. The van der Waals surface area contributed by atoms with E-state index in [9.17, 15) is 4.79 Å². The number of amidine groups is 1. The number of amides is 2. The second kappa shape index (κ2) is 10.2. The maximum absolute atomic E-state index is 14.2. The Hall–Kier alpha value is -3.87. The Kier molecular flexibility index (Phi) is 6.51. The van der Waals surface area contributed by atoms with Crippen molar-refractivity contribution in [3.63, 3.8) is 0 Å². The standard InChI is InChI=1S/C30H33N5O2/c1-21-9-14-26-27(18-21)35(24-12-10-22(11-13-24)19-28-31-15-16-32-28)30(36)34(20-25-8-5-17-37-25)33-29(26)23-6-3-2-4-7-23/h5,8-14,17-18,23H,2-4,6-7,15-16,19-20H2,1H3,(H,31,32). The van der Waals surface area contributed by atoms with Crippen LogP contribution in [0.2, 0.25) is 0 Å². The lowest BCUT2D eigenvalue weighted by Crippen LogP contribution is -2.36. The van der Waals surface area contributed by atoms with Gasteiger partial charge in [-0.25, -0.2) is 9.80 Å². The van der Waals surface area contributed by atoms with Crippen LogP contribution in [0.4, 0.5) is 16.2 Å². The maximum Gasteiger partial charge on any atom is 0.349 e. The average Bonchev–Trinajstić information content (AvgIpc) is 3.61. The van der Waals surface area contributed by atoms with Crippen molar-refractivity contribution in [2.45, 2.75) is 52.0 Å². The molecule has 3 aromatic rings. The van der Waals surface area contributed by atoms with Gasteiger partial charge in [0.05, 0.1) is 29.9 Å². The summed E-state index contributed by atoms with van der Waals surface area (Å²) in [6.45, 7) is 4.10. The molecular formula is C30H33N5O2. The molecule has 190 valence electrons. The second-order valence-corrected chi connectivity index (χ2v) is 10.2. The number of carbonyl (C=O) groups excluding carboxylic acids is 1. The molecule has 2 aliphatic heterocycles. The van der Waals surface area contributed by atoms with Gasteiger partial charge < -0.3 is 9.73 Å². The van der Waals surface area contributed by atoms with Gasteiger partial charge in [0, 0.05) is 24.4 Å². The monoisotopic (exact) mass is 495 g/mol. The minimum atomic E-state index is -0.177. The van der Waals surface area contributed by atoms with Crippen LogP contribution < -0.4 is 10.2 Å². The van der Waals surface area contributed by atoms with E-state index in [1.807, 2.05) is 29.2 Å². The van der Waals surface area contributed by atoms with Crippen LogP contribution >= 0.6 is 0 Å². The van der Waals surface area contributed by atoms with Gasteiger partial charge >= 0.3 is 6.03 Å². The largest absolute Gasteiger partial charge is 0.467 e. The van der Waals surface area contributed by atoms with Gasteiger partial charge in [0.1, 0.15) is 18.1 Å². The van der Waals surface area contributed by atoms with Crippen LogP contribution in [0.1, 0.15) is 54.6 Å². The van der Waals surface area contributed by atoms with Gasteiger partial charge in [-0.05, 0) is 61.2 Å². The first kappa shape index (κ1) is 23.5. The zero-order valence-corrected chi connectivity index (χ0v) is 21.3. The van der Waals surface area contributed by atoms with Gasteiger partial charge in [-0.1, -0.05) is 43.5 Å². The molecule has 1 N–H and O–H groups in total. The van der Waals surface area contributed by atoms with E-state index >= 15 is 0 Å². The molecule has 2 aromatic carbocycles. The van der Waals surface area contributed by atoms with E-state index in [1.165, 1.54) is 19.3 Å². The number of furan rings is 1. The molecule has 1 aromatic heterocycles. The Balaban J connectivity index is 1.42. The Morgan fingerprint density at radius 2 is 1.89 bits per heavy atom. The van der Waals surface area contributed by atoms with Crippen LogP contribution in [0.25, 0.3) is 0 Å². The lowest BCUT2D eigenvalue weighted by atomic mass is 9.82. The second-order valence-electron chi connectivity index (χ2n) is 10.2. The number of carbonyl (C=O) groups is 1. The first-order chi connectivity index (χ1) is 18.2. The minimum absolute atomic E-state index is 0.177. The van der Waals surface area contributed by atoms with E-state index in [0.29, 0.717) is 11.7 Å². The normalized spacial score (nSPS) is 18.2. The average molecular weight is 496 g/mol. The van der Waals surface area contributed by atoms with Crippen LogP contribution in [0.3, 0.4) is 0 Å². The molecule has 1 saturated carbocycles. The van der Waals surface area contributed by atoms with Gasteiger partial charge in [-0.2, -0.15) is 5.10 Å². The highest BCUT2D eigenvalue weighted by Gasteiger charge is 2.34. The van der Waals surface area contributed by atoms with Crippen LogP contribution in [0.5, 0.6) is 0 Å². The number of rotatable bonds is 6. The van der Waals surface area contributed by atoms with Gasteiger partial charge in [-0.15, -0.1) is 0 Å². The number of hydrogen-bond donors (Lipinski definition) is 1. The molecule has 0 spiro atoms. The van der Waals surface area contributed by atoms with Crippen molar-refractivity contribution in [2.24, 2.45) is 16.0 Å². The number of fused-ring (bicyclic) bond motifs is 1. The lowest BCUT2D eigenvalue weighted by Gasteiger charge is -2.27. The highest BCUT2D eigenvalue weighted by atomic mass is 16.3. The number of aryl methyl sites for hydroxylation is 1. The lowest BCUT2D eigenvalue weighted by molar-refractivity contribution is 0.202. The minimum Gasteiger partial charge on any atom is -0.467 e. The Bertz CT molecular complexity index is 1320. The van der Waals surface area contributed by atoms with E-state index in [-0.39, 0.29) is 12.6 Å². The van der Waals surface area contributed by atoms with E-state index in [2.05, 4.69) is 47.6 Å². The summed E-state index contributed by atoms with van der Waals surface area (Å²) in [7, 11) is 0. The van der Waals surface area contributed by atoms with Gasteiger partial charge in [0.25, 0.3) is 0 Å². The molecule has 0 bridgehead atoms. The number of nitrogens with zero attached hydrogens (tertiary/aromatic N) is 4. The summed E-state index contributed by atoms with van der Waals surface area (Å²) in [5, 5.41) is 9.98. The van der Waals surface area contributed by atoms with Crippen molar-refractivity contribution in [1.29, 1.82) is 0 Å². The number of anilines is 2. The van der Waals surface area contributed by atoms with Crippen LogP contribution in [-0.2, 0) is 13.0 Å². The van der Waals surface area contributed by atoms with Gasteiger partial charge in [0.2, 0.25) is 0 Å². The number of benzene rings is 2. The molecule has 6 rings (SSSR count). The van der Waals surface area contributed by atoms with Crippen molar-refractivity contribution in [3.8, 4) is 0 Å². The zero-order valence-electron chi connectivity index (χ0n) is 21.3. The smallest absolute Gasteiger partial charge is 0.349 e. The molecule has 2 amide bonds. The van der Waals surface area contributed by atoms with Gasteiger partial charge in [0.15, 0.2) is 0 Å². The van der Waals surface area contributed by atoms with Crippen LogP contribution in [0.15, 0.2) is 75.4 Å². The molecule has 0 radical (unpaired) electrons. The summed E-state index contributed by atoms with van der Waals surface area (Å²) in [6, 6.07) is 18.2. The summed E-state index contributed by atoms with van der Waals surface area (Å²) in [5.74, 6) is 2.07. The third-order valence-corrected chi connectivity index (χ3v) is 7.50. The molecule has 7 nitrogen and oxygen atoms in total. The molecule has 0 unspecified atom stereocenters. The Morgan fingerprint density at radius 3 is 2.62 bits per heavy atom. The quantitative estimate of drug-likeness (QED) is 0.443. The van der Waals surface area contributed by atoms with Crippen molar-refractivity contribution < 1.29 is 9.21 Å². The molecule has 37 heavy (non-hydrogen) atoms. The molecular weight excluding hydrogens is 462 g/mol. The molecule has 3 aliphatic rings. The Labute approximate surface area is 217 Å². The molecule has 1 aliphatic carbocycles. The summed E-state index contributed by atoms with van der Waals surface area (Å²) >= 11 is 0. The fourth-order valence-corrected chi connectivity index (χ4v) is 5.59. The summed E-state index contributed by atoms with van der Waals surface area (Å²) < 4.78 is 5.62. The third-order valence-electron chi connectivity index (χ3n) is 7.50. The number of hydrogen-bond acceptors (Lipinski definition) is 5. The van der Waals surface area contributed by atoms with Crippen molar-refractivity contribution >= 4 is 29.0 Å². The SMILES string of the molecule is Cc1ccc2c(c1)N(c1ccc(CC3=NCCN3)cc1)C(=O)N(Cc1ccco1)N=C2C1CCCCC1.